The van der Waals surface area contributed by atoms with Gasteiger partial charge < -0.3 is 10.6 Å². The Hall–Kier alpha value is -3.73. The number of Topliss-reactive ketones (excluding diaryl/α,β-unsaturated/α-hetero) is 2. The van der Waals surface area contributed by atoms with E-state index < -0.39 is 5.54 Å². The minimum absolute atomic E-state index is 0.184. The largest absolute Gasteiger partial charge is 0.362 e. The maximum atomic E-state index is 13.6. The van der Waals surface area contributed by atoms with Crippen LogP contribution in [0.5, 0.6) is 0 Å². The quantitative estimate of drug-likeness (QED) is 0.628. The number of amides is 1. The van der Waals surface area contributed by atoms with Gasteiger partial charge in [0.05, 0.1) is 0 Å². The number of rotatable bonds is 4. The molecule has 3 aromatic rings. The SMILES string of the molecule is CC(=O)Nc1c(C)ccc(NC2(c3ccccc3)C(=O)c3ccccc3C2=O)c1C. The predicted octanol–water partition coefficient (Wildman–Crippen LogP) is 4.65. The predicted molar refractivity (Wildman–Crippen MR) is 117 cm³/mol. The van der Waals surface area contributed by atoms with Crippen LogP contribution in [0.15, 0.2) is 66.7 Å². The molecule has 0 bridgehead atoms. The maximum Gasteiger partial charge on any atom is 0.221 e. The van der Waals surface area contributed by atoms with Crippen LogP contribution in [0.25, 0.3) is 0 Å². The number of nitrogens with one attached hydrogen (secondary N) is 2. The first-order valence-electron chi connectivity index (χ1n) is 9.76. The molecule has 1 aliphatic rings. The summed E-state index contributed by atoms with van der Waals surface area (Å²) in [6, 6.07) is 19.6. The highest BCUT2D eigenvalue weighted by atomic mass is 16.2. The average Bonchev–Trinajstić information content (AvgIpc) is 2.96. The molecule has 0 fully saturated rings. The van der Waals surface area contributed by atoms with Gasteiger partial charge in [-0.15, -0.1) is 0 Å². The van der Waals surface area contributed by atoms with Crippen molar-refractivity contribution >= 4 is 28.8 Å². The minimum atomic E-state index is -1.56. The molecule has 0 spiro atoms. The molecule has 0 aliphatic heterocycles. The number of benzene rings is 3. The van der Waals surface area contributed by atoms with E-state index in [0.29, 0.717) is 28.1 Å². The molecule has 0 saturated carbocycles. The molecule has 0 atom stereocenters. The lowest BCUT2D eigenvalue weighted by atomic mass is 9.84. The Labute approximate surface area is 175 Å². The lowest BCUT2D eigenvalue weighted by Crippen LogP contribution is -2.46. The molecule has 5 heteroatoms. The van der Waals surface area contributed by atoms with E-state index >= 15 is 0 Å². The zero-order chi connectivity index (χ0) is 21.5. The number of hydrogen-bond acceptors (Lipinski definition) is 4. The average molecular weight is 398 g/mol. The van der Waals surface area contributed by atoms with Gasteiger partial charge in [-0.1, -0.05) is 60.7 Å². The number of ketones is 2. The normalized spacial score (nSPS) is 14.4. The molecule has 0 aromatic heterocycles. The van der Waals surface area contributed by atoms with Crippen molar-refractivity contribution in [3.8, 4) is 0 Å². The number of aryl methyl sites for hydroxylation is 1. The molecule has 30 heavy (non-hydrogen) atoms. The van der Waals surface area contributed by atoms with E-state index in [1.165, 1.54) is 6.92 Å². The molecule has 1 amide bonds. The van der Waals surface area contributed by atoms with Crippen molar-refractivity contribution in [2.45, 2.75) is 26.3 Å². The molecule has 150 valence electrons. The highest BCUT2D eigenvalue weighted by molar-refractivity contribution is 6.34. The highest BCUT2D eigenvalue weighted by Gasteiger charge is 2.54. The molecule has 0 saturated heterocycles. The van der Waals surface area contributed by atoms with Crippen LogP contribution in [0, 0.1) is 13.8 Å². The van der Waals surface area contributed by atoms with Gasteiger partial charge in [-0.05, 0) is 36.6 Å². The van der Waals surface area contributed by atoms with Gasteiger partial charge >= 0.3 is 0 Å². The summed E-state index contributed by atoms with van der Waals surface area (Å²) in [5.41, 5.74) is 2.78. The van der Waals surface area contributed by atoms with E-state index in [1.807, 2.05) is 44.2 Å². The van der Waals surface area contributed by atoms with E-state index in [1.54, 1.807) is 36.4 Å². The van der Waals surface area contributed by atoms with E-state index in [2.05, 4.69) is 10.6 Å². The lowest BCUT2D eigenvalue weighted by Gasteiger charge is -2.30. The first-order chi connectivity index (χ1) is 14.4. The van der Waals surface area contributed by atoms with Crippen LogP contribution in [-0.2, 0) is 10.3 Å². The summed E-state index contributed by atoms with van der Waals surface area (Å²) >= 11 is 0. The Morgan fingerprint density at radius 3 is 1.93 bits per heavy atom. The summed E-state index contributed by atoms with van der Waals surface area (Å²) in [5.74, 6) is -0.748. The van der Waals surface area contributed by atoms with Gasteiger partial charge in [0.15, 0.2) is 5.54 Å². The van der Waals surface area contributed by atoms with Crippen LogP contribution in [0.2, 0.25) is 0 Å². The van der Waals surface area contributed by atoms with Gasteiger partial charge in [0, 0.05) is 29.4 Å². The Balaban J connectivity index is 1.91. The number of fused-ring (bicyclic) bond motifs is 1. The van der Waals surface area contributed by atoms with Crippen molar-refractivity contribution in [1.29, 1.82) is 0 Å². The van der Waals surface area contributed by atoms with Crippen LogP contribution in [0.3, 0.4) is 0 Å². The van der Waals surface area contributed by atoms with Crippen molar-refractivity contribution in [3.63, 3.8) is 0 Å². The summed E-state index contributed by atoms with van der Waals surface area (Å²) in [7, 11) is 0. The molecule has 0 unspecified atom stereocenters. The molecule has 2 N–H and O–H groups in total. The Bertz CT molecular complexity index is 1150. The monoisotopic (exact) mass is 398 g/mol. The highest BCUT2D eigenvalue weighted by Crippen LogP contribution is 2.42. The topological polar surface area (TPSA) is 75.3 Å². The molecular formula is C25H22N2O3. The Morgan fingerprint density at radius 2 is 1.37 bits per heavy atom. The molecule has 0 radical (unpaired) electrons. The molecule has 3 aromatic carbocycles. The van der Waals surface area contributed by atoms with Gasteiger partial charge in [0.2, 0.25) is 17.5 Å². The molecule has 5 nitrogen and oxygen atoms in total. The third-order valence-corrected chi connectivity index (χ3v) is 5.60. The minimum Gasteiger partial charge on any atom is -0.362 e. The fourth-order valence-corrected chi connectivity index (χ4v) is 4.08. The van der Waals surface area contributed by atoms with Crippen LogP contribution >= 0.6 is 0 Å². The Kier molecular flexibility index (Phi) is 4.74. The van der Waals surface area contributed by atoms with E-state index in [0.717, 1.165) is 11.1 Å². The first-order valence-corrected chi connectivity index (χ1v) is 9.76. The van der Waals surface area contributed by atoms with Crippen molar-refractivity contribution in [2.75, 3.05) is 10.6 Å². The van der Waals surface area contributed by atoms with Crippen LogP contribution in [0.4, 0.5) is 11.4 Å². The summed E-state index contributed by atoms with van der Waals surface area (Å²) in [6.07, 6.45) is 0. The summed E-state index contributed by atoms with van der Waals surface area (Å²) < 4.78 is 0. The van der Waals surface area contributed by atoms with Crippen molar-refractivity contribution < 1.29 is 14.4 Å². The summed E-state index contributed by atoms with van der Waals surface area (Å²) in [6.45, 7) is 5.21. The number of carbonyl (C=O) groups excluding carboxylic acids is 3. The number of carbonyl (C=O) groups is 3. The Morgan fingerprint density at radius 1 is 0.800 bits per heavy atom. The van der Waals surface area contributed by atoms with E-state index in [9.17, 15) is 14.4 Å². The van der Waals surface area contributed by atoms with Gasteiger partial charge in [-0.2, -0.15) is 0 Å². The molecule has 4 rings (SSSR count). The molecule has 0 heterocycles. The third kappa shape index (κ3) is 2.90. The first kappa shape index (κ1) is 19.6. The number of hydrogen-bond donors (Lipinski definition) is 2. The maximum absolute atomic E-state index is 13.6. The van der Waals surface area contributed by atoms with Gasteiger partial charge in [0.1, 0.15) is 0 Å². The second-order valence-electron chi connectivity index (χ2n) is 7.56. The smallest absolute Gasteiger partial charge is 0.221 e. The van der Waals surface area contributed by atoms with E-state index in [-0.39, 0.29) is 17.5 Å². The zero-order valence-corrected chi connectivity index (χ0v) is 17.1. The summed E-state index contributed by atoms with van der Waals surface area (Å²) in [4.78, 5) is 38.9. The number of anilines is 2. The second-order valence-corrected chi connectivity index (χ2v) is 7.56. The zero-order valence-electron chi connectivity index (χ0n) is 17.1. The van der Waals surface area contributed by atoms with Crippen molar-refractivity contribution in [2.24, 2.45) is 0 Å². The van der Waals surface area contributed by atoms with Crippen LogP contribution in [0.1, 0.15) is 44.3 Å². The molecular weight excluding hydrogens is 376 g/mol. The van der Waals surface area contributed by atoms with Crippen molar-refractivity contribution in [1.82, 2.24) is 0 Å². The summed E-state index contributed by atoms with van der Waals surface area (Å²) in [5, 5.41) is 6.13. The molecule has 1 aliphatic carbocycles. The van der Waals surface area contributed by atoms with E-state index in [4.69, 9.17) is 0 Å². The second kappa shape index (κ2) is 7.26. The van der Waals surface area contributed by atoms with Crippen LogP contribution < -0.4 is 10.6 Å². The fourth-order valence-electron chi connectivity index (χ4n) is 4.08. The van der Waals surface area contributed by atoms with Crippen molar-refractivity contribution in [3.05, 3.63) is 94.5 Å². The standard InChI is InChI=1S/C25H22N2O3/c1-15-13-14-21(16(2)22(15)26-17(3)28)27-25(18-9-5-4-6-10-18)23(29)19-11-7-8-12-20(19)24(25)30/h4-14,27H,1-3H3,(H,26,28). The van der Waals surface area contributed by atoms with Gasteiger partial charge in [0.25, 0.3) is 0 Å². The third-order valence-electron chi connectivity index (χ3n) is 5.60. The fraction of sp³-hybridized carbons (Fsp3) is 0.160. The lowest BCUT2D eigenvalue weighted by molar-refractivity contribution is -0.114. The van der Waals surface area contributed by atoms with Crippen LogP contribution in [-0.4, -0.2) is 17.5 Å². The van der Waals surface area contributed by atoms with Gasteiger partial charge in [-0.25, -0.2) is 0 Å². The van der Waals surface area contributed by atoms with Gasteiger partial charge in [-0.3, -0.25) is 14.4 Å².